The Balaban J connectivity index is 2.23. The van der Waals surface area contributed by atoms with E-state index in [2.05, 4.69) is 4.98 Å². The van der Waals surface area contributed by atoms with E-state index in [9.17, 15) is 19.5 Å². The maximum atomic E-state index is 11.3. The molecule has 1 aliphatic rings. The van der Waals surface area contributed by atoms with Gasteiger partial charge in [0.1, 0.15) is 12.4 Å². The molecule has 11 nitrogen and oxygen atoms in total. The van der Waals surface area contributed by atoms with Crippen molar-refractivity contribution in [2.75, 3.05) is 6.61 Å². The highest BCUT2D eigenvalue weighted by Gasteiger charge is 2.43. The van der Waals surface area contributed by atoms with Gasteiger partial charge in [-0.15, -0.1) is 0 Å². The first-order chi connectivity index (χ1) is 9.82. The van der Waals surface area contributed by atoms with Gasteiger partial charge in [-0.1, -0.05) is 0 Å². The van der Waals surface area contributed by atoms with Gasteiger partial charge >= 0.3 is 5.97 Å². The summed E-state index contributed by atoms with van der Waals surface area (Å²) in [4.78, 5) is 42.0. The maximum absolute atomic E-state index is 11.3. The molecule has 114 valence electrons. The summed E-state index contributed by atoms with van der Waals surface area (Å²) in [5.41, 5.74) is 9.33. The van der Waals surface area contributed by atoms with Gasteiger partial charge in [-0.25, -0.2) is 9.78 Å². The molecule has 11 heteroatoms. The third-order valence-corrected chi connectivity index (χ3v) is 2.83. The predicted molar refractivity (Wildman–Crippen MR) is 63.0 cm³/mol. The summed E-state index contributed by atoms with van der Waals surface area (Å²) < 4.78 is 5.60. The summed E-state index contributed by atoms with van der Waals surface area (Å²) in [6.45, 7) is -0.236. The molecule has 1 saturated heterocycles. The minimum atomic E-state index is -1.47. The first-order valence-electron chi connectivity index (χ1n) is 5.69. The van der Waals surface area contributed by atoms with Crippen molar-refractivity contribution in [1.82, 2.24) is 9.71 Å². The number of amides is 2. The van der Waals surface area contributed by atoms with Crippen molar-refractivity contribution in [3.8, 4) is 0 Å². The molecule has 1 aliphatic heterocycles. The van der Waals surface area contributed by atoms with E-state index in [0.717, 1.165) is 11.1 Å². The van der Waals surface area contributed by atoms with Gasteiger partial charge < -0.3 is 31.3 Å². The number of aliphatic carboxylic acids is 1. The standard InChI is InChI=1S/C10H12N4O7/c11-8(16)4-5(9(12)17)14(2-13-4)21-3-1-20-7(6(3)15)10(18)19/h2-3,6-7,15H,1H2,(H2,11,16)(H2,12,17)(H,18,19)/t3-,6-,7-/m0/s1. The number of nitrogens with two attached hydrogens (primary N) is 2. The topological polar surface area (TPSA) is 180 Å². The van der Waals surface area contributed by atoms with Crippen LogP contribution < -0.4 is 16.3 Å². The molecule has 1 fully saturated rings. The summed E-state index contributed by atoms with van der Waals surface area (Å²) >= 11 is 0. The SMILES string of the molecule is NC(=O)c1ncn(O[C@H]2CO[C@H](C(=O)O)[C@H]2O)c1C(N)=O. The zero-order valence-corrected chi connectivity index (χ0v) is 10.5. The molecular formula is C10H12N4O7. The Morgan fingerprint density at radius 1 is 1.38 bits per heavy atom. The fraction of sp³-hybridized carbons (Fsp3) is 0.400. The van der Waals surface area contributed by atoms with Crippen molar-refractivity contribution in [2.24, 2.45) is 11.5 Å². The second-order valence-electron chi connectivity index (χ2n) is 4.22. The summed E-state index contributed by atoms with van der Waals surface area (Å²) in [6, 6.07) is 0. The fourth-order valence-electron chi connectivity index (χ4n) is 1.87. The van der Waals surface area contributed by atoms with Gasteiger partial charge in [0, 0.05) is 0 Å². The second kappa shape index (κ2) is 5.38. The minimum absolute atomic E-state index is 0.236. The Bertz CT molecular complexity index is 598. The van der Waals surface area contributed by atoms with Gasteiger partial charge in [0.2, 0.25) is 0 Å². The number of aromatic nitrogens is 2. The highest BCUT2D eigenvalue weighted by atomic mass is 16.7. The molecule has 2 amide bonds. The van der Waals surface area contributed by atoms with Crippen LogP contribution in [0.5, 0.6) is 0 Å². The summed E-state index contributed by atoms with van der Waals surface area (Å²) in [5, 5.41) is 18.5. The number of carbonyl (C=O) groups is 3. The number of imidazole rings is 1. The number of aliphatic hydroxyl groups is 1. The van der Waals surface area contributed by atoms with Crippen LogP contribution in [0.2, 0.25) is 0 Å². The molecule has 0 unspecified atom stereocenters. The summed E-state index contributed by atoms with van der Waals surface area (Å²) in [5.74, 6) is -3.37. The Labute approximate surface area is 117 Å². The molecule has 1 aromatic heterocycles. The molecule has 2 rings (SSSR count). The predicted octanol–water partition coefficient (Wildman–Crippen LogP) is -3.28. The zero-order chi connectivity index (χ0) is 15.7. The third kappa shape index (κ3) is 2.64. The van der Waals surface area contributed by atoms with E-state index in [-0.39, 0.29) is 6.61 Å². The number of nitrogens with zero attached hydrogens (tertiary/aromatic N) is 2. The smallest absolute Gasteiger partial charge is 0.335 e. The molecule has 3 atom stereocenters. The van der Waals surface area contributed by atoms with Crippen LogP contribution in [-0.2, 0) is 9.53 Å². The highest BCUT2D eigenvalue weighted by Crippen LogP contribution is 2.17. The monoisotopic (exact) mass is 300 g/mol. The number of hydrogen-bond acceptors (Lipinski definition) is 7. The summed E-state index contributed by atoms with van der Waals surface area (Å²) in [6.07, 6.45) is -3.05. The van der Waals surface area contributed by atoms with E-state index in [4.69, 9.17) is 26.1 Å². The van der Waals surface area contributed by atoms with Gasteiger partial charge in [-0.05, 0) is 0 Å². The van der Waals surface area contributed by atoms with Gasteiger partial charge in [0.05, 0.1) is 6.61 Å². The average Bonchev–Trinajstić information content (AvgIpc) is 2.95. The number of primary amides is 2. The Morgan fingerprint density at radius 2 is 2.05 bits per heavy atom. The van der Waals surface area contributed by atoms with Crippen molar-refractivity contribution in [1.29, 1.82) is 0 Å². The number of ether oxygens (including phenoxy) is 1. The molecule has 0 spiro atoms. The van der Waals surface area contributed by atoms with Crippen molar-refractivity contribution >= 4 is 17.8 Å². The molecule has 1 aromatic rings. The normalized spacial score (nSPS) is 24.7. The van der Waals surface area contributed by atoms with Gasteiger partial charge in [-0.3, -0.25) is 9.59 Å². The fourth-order valence-corrected chi connectivity index (χ4v) is 1.87. The number of aliphatic hydroxyl groups excluding tert-OH is 1. The summed E-state index contributed by atoms with van der Waals surface area (Å²) in [7, 11) is 0. The number of carboxylic acid groups (broad SMARTS) is 1. The Morgan fingerprint density at radius 3 is 2.52 bits per heavy atom. The quantitative estimate of drug-likeness (QED) is 0.436. The molecule has 0 aromatic carbocycles. The largest absolute Gasteiger partial charge is 0.479 e. The molecule has 21 heavy (non-hydrogen) atoms. The van der Waals surface area contributed by atoms with Gasteiger partial charge in [-0.2, -0.15) is 4.73 Å². The maximum Gasteiger partial charge on any atom is 0.335 e. The minimum Gasteiger partial charge on any atom is -0.479 e. The second-order valence-corrected chi connectivity index (χ2v) is 4.22. The van der Waals surface area contributed by atoms with Crippen molar-refractivity contribution in [2.45, 2.75) is 18.3 Å². The van der Waals surface area contributed by atoms with Crippen LogP contribution in [0.4, 0.5) is 0 Å². The number of carboxylic acids is 1. The lowest BCUT2D eigenvalue weighted by molar-refractivity contribution is -0.151. The van der Waals surface area contributed by atoms with Gasteiger partial charge in [0.15, 0.2) is 23.6 Å². The average molecular weight is 300 g/mol. The molecule has 0 aliphatic carbocycles. The Kier molecular flexibility index (Phi) is 3.78. The van der Waals surface area contributed by atoms with Crippen molar-refractivity contribution in [3.63, 3.8) is 0 Å². The van der Waals surface area contributed by atoms with Crippen molar-refractivity contribution in [3.05, 3.63) is 17.7 Å². The molecule has 6 N–H and O–H groups in total. The lowest BCUT2D eigenvalue weighted by atomic mass is 10.1. The number of carbonyl (C=O) groups excluding carboxylic acids is 2. The van der Waals surface area contributed by atoms with Crippen molar-refractivity contribution < 1.29 is 34.2 Å². The zero-order valence-electron chi connectivity index (χ0n) is 10.5. The first-order valence-corrected chi connectivity index (χ1v) is 5.69. The molecular weight excluding hydrogens is 288 g/mol. The van der Waals surface area contributed by atoms with E-state index in [1.165, 1.54) is 0 Å². The van der Waals surface area contributed by atoms with Crippen LogP contribution in [0.1, 0.15) is 21.0 Å². The molecule has 0 bridgehead atoms. The van der Waals surface area contributed by atoms with E-state index in [0.29, 0.717) is 0 Å². The lowest BCUT2D eigenvalue weighted by Gasteiger charge is -2.17. The van der Waals surface area contributed by atoms with Crippen LogP contribution in [0.15, 0.2) is 6.33 Å². The third-order valence-electron chi connectivity index (χ3n) is 2.83. The highest BCUT2D eigenvalue weighted by molar-refractivity contribution is 6.03. The van der Waals surface area contributed by atoms with E-state index < -0.39 is 47.5 Å². The van der Waals surface area contributed by atoms with Crippen LogP contribution >= 0.6 is 0 Å². The Hall–Kier alpha value is -2.66. The van der Waals surface area contributed by atoms with Crippen LogP contribution in [-0.4, -0.2) is 62.6 Å². The first kappa shape index (κ1) is 14.7. The number of hydrogen-bond donors (Lipinski definition) is 4. The molecule has 0 saturated carbocycles. The van der Waals surface area contributed by atoms with E-state index in [1.807, 2.05) is 0 Å². The van der Waals surface area contributed by atoms with Crippen LogP contribution in [0.3, 0.4) is 0 Å². The van der Waals surface area contributed by atoms with Crippen LogP contribution in [0, 0.1) is 0 Å². The van der Waals surface area contributed by atoms with Crippen LogP contribution in [0.25, 0.3) is 0 Å². The number of rotatable bonds is 5. The van der Waals surface area contributed by atoms with E-state index >= 15 is 0 Å². The molecule has 2 heterocycles. The molecule has 0 radical (unpaired) electrons. The van der Waals surface area contributed by atoms with E-state index in [1.54, 1.807) is 0 Å². The lowest BCUT2D eigenvalue weighted by Crippen LogP contribution is -2.41. The van der Waals surface area contributed by atoms with Gasteiger partial charge in [0.25, 0.3) is 11.8 Å².